The maximum Gasteiger partial charge on any atom is 0.0808 e. The number of aliphatic hydroxyl groups excluding tert-OH is 1. The molecule has 0 saturated heterocycles. The third-order valence-electron chi connectivity index (χ3n) is 2.42. The number of rotatable bonds is 2. The Morgan fingerprint density at radius 1 is 1.50 bits per heavy atom. The summed E-state index contributed by atoms with van der Waals surface area (Å²) in [6, 6.07) is 5.63. The van der Waals surface area contributed by atoms with Gasteiger partial charge in [0.05, 0.1) is 6.10 Å². The molecule has 2 aromatic rings. The third kappa shape index (κ3) is 1.51. The van der Waals surface area contributed by atoms with Crippen LogP contribution in [0.2, 0.25) is 5.02 Å². The van der Waals surface area contributed by atoms with Gasteiger partial charge in [0.2, 0.25) is 0 Å². The van der Waals surface area contributed by atoms with Crippen LogP contribution in [0.5, 0.6) is 0 Å². The molecule has 0 bridgehead atoms. The molecule has 2 N–H and O–H groups in total. The number of aromatic amines is 1. The standard InChI is InChI=1S/C11H12ClNO/c1-2-11(14)9-6-13-10-4-3-7(12)5-8(9)10/h3-6,11,13-14H,2H2,1H3/t11-/m0/s1. The lowest BCUT2D eigenvalue weighted by Crippen LogP contribution is -1.92. The Hall–Kier alpha value is -0.990. The summed E-state index contributed by atoms with van der Waals surface area (Å²) in [6.07, 6.45) is 2.14. The van der Waals surface area contributed by atoms with Gasteiger partial charge in [-0.2, -0.15) is 0 Å². The fourth-order valence-electron chi connectivity index (χ4n) is 1.61. The fraction of sp³-hybridized carbons (Fsp3) is 0.273. The molecule has 1 aromatic heterocycles. The predicted octanol–water partition coefficient (Wildman–Crippen LogP) is 3.26. The second-order valence-electron chi connectivity index (χ2n) is 3.36. The first kappa shape index (κ1) is 9.56. The van der Waals surface area contributed by atoms with Crippen molar-refractivity contribution in [3.05, 3.63) is 35.0 Å². The molecule has 0 aliphatic heterocycles. The minimum atomic E-state index is -0.415. The fourth-order valence-corrected chi connectivity index (χ4v) is 1.78. The van der Waals surface area contributed by atoms with Crippen LogP contribution in [-0.2, 0) is 0 Å². The minimum absolute atomic E-state index is 0.415. The van der Waals surface area contributed by atoms with Crippen LogP contribution in [0, 0.1) is 0 Å². The van der Waals surface area contributed by atoms with E-state index in [1.165, 1.54) is 0 Å². The van der Waals surface area contributed by atoms with Crippen LogP contribution in [0.25, 0.3) is 10.9 Å². The maximum atomic E-state index is 9.74. The van der Waals surface area contributed by atoms with E-state index in [0.717, 1.165) is 16.5 Å². The number of hydrogen-bond donors (Lipinski definition) is 2. The average Bonchev–Trinajstić information content (AvgIpc) is 2.59. The van der Waals surface area contributed by atoms with Gasteiger partial charge in [0.25, 0.3) is 0 Å². The highest BCUT2D eigenvalue weighted by Gasteiger charge is 2.10. The molecule has 0 unspecified atom stereocenters. The van der Waals surface area contributed by atoms with Crippen molar-refractivity contribution in [2.24, 2.45) is 0 Å². The molecule has 1 heterocycles. The van der Waals surface area contributed by atoms with Gasteiger partial charge in [-0.25, -0.2) is 0 Å². The third-order valence-corrected chi connectivity index (χ3v) is 2.66. The zero-order valence-electron chi connectivity index (χ0n) is 7.92. The first-order chi connectivity index (χ1) is 6.72. The van der Waals surface area contributed by atoms with Gasteiger partial charge < -0.3 is 10.1 Å². The lowest BCUT2D eigenvalue weighted by molar-refractivity contribution is 0.175. The van der Waals surface area contributed by atoms with Crippen molar-refractivity contribution in [3.8, 4) is 0 Å². The van der Waals surface area contributed by atoms with Gasteiger partial charge in [0, 0.05) is 27.7 Å². The van der Waals surface area contributed by atoms with E-state index in [2.05, 4.69) is 4.98 Å². The molecule has 3 heteroatoms. The first-order valence-electron chi connectivity index (χ1n) is 4.67. The Morgan fingerprint density at radius 3 is 3.00 bits per heavy atom. The quantitative estimate of drug-likeness (QED) is 0.783. The highest BCUT2D eigenvalue weighted by atomic mass is 35.5. The van der Waals surface area contributed by atoms with E-state index in [9.17, 15) is 5.11 Å². The monoisotopic (exact) mass is 209 g/mol. The molecule has 1 atom stereocenters. The lowest BCUT2D eigenvalue weighted by Gasteiger charge is -2.05. The van der Waals surface area contributed by atoms with Crippen molar-refractivity contribution in [2.75, 3.05) is 0 Å². The van der Waals surface area contributed by atoms with E-state index in [1.54, 1.807) is 0 Å². The second-order valence-corrected chi connectivity index (χ2v) is 3.79. The number of halogens is 1. The van der Waals surface area contributed by atoms with Crippen LogP contribution in [0.4, 0.5) is 0 Å². The topological polar surface area (TPSA) is 36.0 Å². The van der Waals surface area contributed by atoms with Crippen LogP contribution in [0.3, 0.4) is 0 Å². The average molecular weight is 210 g/mol. The zero-order valence-corrected chi connectivity index (χ0v) is 8.67. The highest BCUT2D eigenvalue weighted by Crippen LogP contribution is 2.27. The van der Waals surface area contributed by atoms with E-state index < -0.39 is 6.10 Å². The number of H-pyrrole nitrogens is 1. The van der Waals surface area contributed by atoms with E-state index in [4.69, 9.17) is 11.6 Å². The summed E-state index contributed by atoms with van der Waals surface area (Å²) >= 11 is 5.90. The summed E-state index contributed by atoms with van der Waals surface area (Å²) in [5.41, 5.74) is 1.93. The van der Waals surface area contributed by atoms with Crippen LogP contribution >= 0.6 is 11.6 Å². The molecule has 1 aromatic carbocycles. The molecule has 0 radical (unpaired) electrons. The summed E-state index contributed by atoms with van der Waals surface area (Å²) < 4.78 is 0. The molecular weight excluding hydrogens is 198 g/mol. The molecule has 0 fully saturated rings. The molecule has 2 nitrogen and oxygen atoms in total. The molecule has 0 aliphatic carbocycles. The van der Waals surface area contributed by atoms with Crippen molar-refractivity contribution in [3.63, 3.8) is 0 Å². The molecule has 14 heavy (non-hydrogen) atoms. The normalized spacial score (nSPS) is 13.4. The SMILES string of the molecule is CC[C@H](O)c1c[nH]c2ccc(Cl)cc12. The summed E-state index contributed by atoms with van der Waals surface area (Å²) in [5.74, 6) is 0. The minimum Gasteiger partial charge on any atom is -0.388 e. The van der Waals surface area contributed by atoms with Crippen molar-refractivity contribution in [1.82, 2.24) is 4.98 Å². The Morgan fingerprint density at radius 2 is 2.29 bits per heavy atom. The Kier molecular flexibility index (Phi) is 2.48. The largest absolute Gasteiger partial charge is 0.388 e. The Labute approximate surface area is 87.5 Å². The van der Waals surface area contributed by atoms with Crippen LogP contribution < -0.4 is 0 Å². The van der Waals surface area contributed by atoms with Gasteiger partial charge >= 0.3 is 0 Å². The van der Waals surface area contributed by atoms with E-state index >= 15 is 0 Å². The van der Waals surface area contributed by atoms with E-state index in [1.807, 2.05) is 31.3 Å². The molecular formula is C11H12ClNO. The van der Waals surface area contributed by atoms with Gasteiger partial charge in [-0.05, 0) is 24.6 Å². The molecule has 74 valence electrons. The lowest BCUT2D eigenvalue weighted by atomic mass is 10.1. The number of benzene rings is 1. The number of hydrogen-bond acceptors (Lipinski definition) is 1. The number of aromatic nitrogens is 1. The van der Waals surface area contributed by atoms with Gasteiger partial charge in [-0.3, -0.25) is 0 Å². The summed E-state index contributed by atoms with van der Waals surface area (Å²) in [5, 5.41) is 11.4. The van der Waals surface area contributed by atoms with Crippen molar-refractivity contribution in [2.45, 2.75) is 19.4 Å². The predicted molar refractivity (Wildman–Crippen MR) is 58.6 cm³/mol. The second kappa shape index (κ2) is 3.64. The van der Waals surface area contributed by atoms with Crippen molar-refractivity contribution < 1.29 is 5.11 Å². The van der Waals surface area contributed by atoms with Crippen molar-refractivity contribution >= 4 is 22.5 Å². The molecule has 0 aliphatic rings. The Bertz CT molecular complexity index is 449. The van der Waals surface area contributed by atoms with Gasteiger partial charge in [-0.15, -0.1) is 0 Å². The highest BCUT2D eigenvalue weighted by molar-refractivity contribution is 6.31. The van der Waals surface area contributed by atoms with Gasteiger partial charge in [0.1, 0.15) is 0 Å². The smallest absolute Gasteiger partial charge is 0.0808 e. The molecule has 2 rings (SSSR count). The first-order valence-corrected chi connectivity index (χ1v) is 5.04. The summed E-state index contributed by atoms with van der Waals surface area (Å²) in [4.78, 5) is 3.11. The zero-order chi connectivity index (χ0) is 10.1. The van der Waals surface area contributed by atoms with Crippen LogP contribution in [0.15, 0.2) is 24.4 Å². The van der Waals surface area contributed by atoms with E-state index in [0.29, 0.717) is 11.4 Å². The number of nitrogens with one attached hydrogen (secondary N) is 1. The van der Waals surface area contributed by atoms with Crippen LogP contribution in [-0.4, -0.2) is 10.1 Å². The Balaban J connectivity index is 2.61. The summed E-state index contributed by atoms with van der Waals surface area (Å²) in [7, 11) is 0. The summed E-state index contributed by atoms with van der Waals surface area (Å²) in [6.45, 7) is 1.95. The van der Waals surface area contributed by atoms with Crippen molar-refractivity contribution in [1.29, 1.82) is 0 Å². The van der Waals surface area contributed by atoms with E-state index in [-0.39, 0.29) is 0 Å². The number of aliphatic hydroxyl groups is 1. The van der Waals surface area contributed by atoms with Gasteiger partial charge in [-0.1, -0.05) is 18.5 Å². The molecule has 0 amide bonds. The maximum absolute atomic E-state index is 9.74. The number of fused-ring (bicyclic) bond motifs is 1. The van der Waals surface area contributed by atoms with Crippen LogP contribution in [0.1, 0.15) is 25.0 Å². The molecule has 0 saturated carbocycles. The van der Waals surface area contributed by atoms with Gasteiger partial charge in [0.15, 0.2) is 0 Å². The molecule has 0 spiro atoms.